The van der Waals surface area contributed by atoms with Gasteiger partial charge in [0.2, 0.25) is 5.69 Å². The second-order valence-corrected chi connectivity index (χ2v) is 9.09. The molecule has 0 amide bonds. The molecule has 146 valence electrons. The molecule has 28 heavy (non-hydrogen) atoms. The maximum absolute atomic E-state index is 5.47. The van der Waals surface area contributed by atoms with E-state index in [4.69, 9.17) is 4.74 Å². The van der Waals surface area contributed by atoms with Crippen LogP contribution in [0.4, 0.5) is 11.4 Å². The lowest BCUT2D eigenvalue weighted by Crippen LogP contribution is -2.32. The van der Waals surface area contributed by atoms with Gasteiger partial charge in [0, 0.05) is 41.6 Å². The largest absolute Gasteiger partial charge is 0.497 e. The van der Waals surface area contributed by atoms with Gasteiger partial charge in [-0.05, 0) is 44.5 Å². The first-order chi connectivity index (χ1) is 13.2. The SMILES string of the molecule is COc1ccc2c(c1)C(C)(C)[C@@H](C)[N+]2=C/C=C1/N(C)c2ccccc2C1(C)C. The van der Waals surface area contributed by atoms with Crippen molar-refractivity contribution in [3.05, 3.63) is 65.4 Å². The van der Waals surface area contributed by atoms with Crippen LogP contribution in [0.1, 0.15) is 45.7 Å². The highest BCUT2D eigenvalue weighted by Crippen LogP contribution is 2.47. The lowest BCUT2D eigenvalue weighted by atomic mass is 9.81. The van der Waals surface area contributed by atoms with Crippen LogP contribution in [0.2, 0.25) is 0 Å². The van der Waals surface area contributed by atoms with Gasteiger partial charge in [-0.15, -0.1) is 0 Å². The Morgan fingerprint density at radius 2 is 1.75 bits per heavy atom. The molecule has 2 aromatic carbocycles. The molecule has 2 heterocycles. The summed E-state index contributed by atoms with van der Waals surface area (Å²) in [6.07, 6.45) is 4.57. The van der Waals surface area contributed by atoms with Gasteiger partial charge in [0.1, 0.15) is 5.75 Å². The number of para-hydroxylation sites is 1. The third kappa shape index (κ3) is 2.52. The van der Waals surface area contributed by atoms with Crippen molar-refractivity contribution < 1.29 is 9.31 Å². The molecule has 3 heteroatoms. The average Bonchev–Trinajstić information content (AvgIpc) is 2.99. The molecule has 2 aromatic rings. The van der Waals surface area contributed by atoms with Crippen LogP contribution in [0.5, 0.6) is 5.75 Å². The van der Waals surface area contributed by atoms with Gasteiger partial charge in [-0.25, -0.2) is 0 Å². The Labute approximate surface area is 169 Å². The van der Waals surface area contributed by atoms with Crippen molar-refractivity contribution in [2.45, 2.75) is 51.5 Å². The molecule has 0 aromatic heterocycles. The molecule has 0 fully saturated rings. The van der Waals surface area contributed by atoms with Crippen molar-refractivity contribution in [1.82, 2.24) is 0 Å². The molecule has 0 saturated heterocycles. The minimum absolute atomic E-state index is 0.0109. The maximum Gasteiger partial charge on any atom is 0.209 e. The van der Waals surface area contributed by atoms with Crippen molar-refractivity contribution in [2.24, 2.45) is 0 Å². The van der Waals surface area contributed by atoms with E-state index in [1.807, 2.05) is 0 Å². The molecule has 0 unspecified atom stereocenters. The normalized spacial score (nSPS) is 24.5. The van der Waals surface area contributed by atoms with E-state index in [0.29, 0.717) is 6.04 Å². The molecular formula is C25H31N2O+. The molecule has 2 aliphatic heterocycles. The minimum Gasteiger partial charge on any atom is -0.497 e. The van der Waals surface area contributed by atoms with Crippen LogP contribution in [0.3, 0.4) is 0 Å². The first kappa shape index (κ1) is 18.8. The Hall–Kier alpha value is -2.55. The van der Waals surface area contributed by atoms with E-state index in [1.54, 1.807) is 7.11 Å². The monoisotopic (exact) mass is 375 g/mol. The van der Waals surface area contributed by atoms with Crippen molar-refractivity contribution in [1.29, 1.82) is 0 Å². The quantitative estimate of drug-likeness (QED) is 0.653. The van der Waals surface area contributed by atoms with Crippen molar-refractivity contribution in [2.75, 3.05) is 19.1 Å². The third-order valence-electron chi connectivity index (χ3n) is 6.97. The fourth-order valence-electron chi connectivity index (χ4n) is 4.83. The van der Waals surface area contributed by atoms with Crippen LogP contribution >= 0.6 is 0 Å². The number of fused-ring (bicyclic) bond motifs is 2. The maximum atomic E-state index is 5.47. The van der Waals surface area contributed by atoms with E-state index < -0.39 is 0 Å². The van der Waals surface area contributed by atoms with Gasteiger partial charge in [-0.1, -0.05) is 32.0 Å². The van der Waals surface area contributed by atoms with Crippen molar-refractivity contribution in [3.63, 3.8) is 0 Å². The Morgan fingerprint density at radius 1 is 1.04 bits per heavy atom. The molecule has 2 aliphatic rings. The van der Waals surface area contributed by atoms with E-state index >= 15 is 0 Å². The average molecular weight is 376 g/mol. The zero-order valence-corrected chi connectivity index (χ0v) is 18.1. The second kappa shape index (κ2) is 6.23. The zero-order chi connectivity index (χ0) is 20.3. The topological polar surface area (TPSA) is 15.5 Å². The Kier molecular flexibility index (Phi) is 4.18. The van der Waals surface area contributed by atoms with E-state index in [2.05, 4.69) is 106 Å². The second-order valence-electron chi connectivity index (χ2n) is 9.09. The van der Waals surface area contributed by atoms with Crippen LogP contribution in [0, 0.1) is 0 Å². The molecule has 3 nitrogen and oxygen atoms in total. The fourth-order valence-corrected chi connectivity index (χ4v) is 4.83. The molecule has 4 rings (SSSR count). The number of benzene rings is 2. The lowest BCUT2D eigenvalue weighted by molar-refractivity contribution is -0.473. The summed E-state index contributed by atoms with van der Waals surface area (Å²) in [6, 6.07) is 15.5. The minimum atomic E-state index is -0.0109. The Balaban J connectivity index is 1.81. The van der Waals surface area contributed by atoms with Crippen LogP contribution < -0.4 is 9.64 Å². The number of rotatable bonds is 2. The van der Waals surface area contributed by atoms with Gasteiger partial charge < -0.3 is 9.64 Å². The highest BCUT2D eigenvalue weighted by molar-refractivity contribution is 5.78. The predicted molar refractivity (Wildman–Crippen MR) is 117 cm³/mol. The fraction of sp³-hybridized carbons (Fsp3) is 0.400. The molecule has 0 N–H and O–H groups in total. The van der Waals surface area contributed by atoms with Gasteiger partial charge in [0.15, 0.2) is 12.3 Å². The molecule has 0 aliphatic carbocycles. The Morgan fingerprint density at radius 3 is 2.43 bits per heavy atom. The van der Waals surface area contributed by atoms with Crippen LogP contribution in [-0.4, -0.2) is 31.0 Å². The molecule has 0 radical (unpaired) electrons. The van der Waals surface area contributed by atoms with Gasteiger partial charge >= 0.3 is 0 Å². The summed E-state index contributed by atoms with van der Waals surface area (Å²) >= 11 is 0. The van der Waals surface area contributed by atoms with Crippen molar-refractivity contribution in [3.8, 4) is 5.75 Å². The number of hydrogen-bond donors (Lipinski definition) is 0. The molecule has 0 spiro atoms. The summed E-state index contributed by atoms with van der Waals surface area (Å²) in [4.78, 5) is 2.33. The summed E-state index contributed by atoms with van der Waals surface area (Å²) in [6.45, 7) is 11.6. The number of methoxy groups -OCH3 is 1. The number of hydrogen-bond acceptors (Lipinski definition) is 2. The van der Waals surface area contributed by atoms with Crippen LogP contribution in [-0.2, 0) is 10.8 Å². The van der Waals surface area contributed by atoms with Gasteiger partial charge in [-0.2, -0.15) is 4.58 Å². The predicted octanol–water partition coefficient (Wildman–Crippen LogP) is 5.40. The lowest BCUT2D eigenvalue weighted by Gasteiger charge is -2.23. The van der Waals surface area contributed by atoms with Crippen LogP contribution in [0.25, 0.3) is 0 Å². The number of likely N-dealkylation sites (N-methyl/N-ethyl adjacent to an activating group) is 1. The van der Waals surface area contributed by atoms with E-state index in [-0.39, 0.29) is 10.8 Å². The summed E-state index contributed by atoms with van der Waals surface area (Å²) in [5, 5.41) is 0. The summed E-state index contributed by atoms with van der Waals surface area (Å²) in [5.74, 6) is 0.923. The van der Waals surface area contributed by atoms with Gasteiger partial charge in [0.25, 0.3) is 0 Å². The molecule has 0 saturated carbocycles. The number of allylic oxidation sites excluding steroid dienone is 2. The smallest absolute Gasteiger partial charge is 0.209 e. The first-order valence-electron chi connectivity index (χ1n) is 10.1. The highest BCUT2D eigenvalue weighted by atomic mass is 16.5. The van der Waals surface area contributed by atoms with Gasteiger partial charge in [0.05, 0.1) is 12.5 Å². The molecule has 1 atom stereocenters. The number of anilines is 1. The number of ether oxygens (including phenoxy) is 1. The highest BCUT2D eigenvalue weighted by Gasteiger charge is 2.47. The standard InChI is InChI=1S/C25H31N2O/c1-17-24(2,3)20-16-18(28-7)12-13-22(20)27(17)15-14-23-25(4,5)19-10-8-9-11-21(19)26(23)6/h8-17H,1-7H3/q+1/t17-/m1/s1. The summed E-state index contributed by atoms with van der Waals surface area (Å²) < 4.78 is 7.89. The van der Waals surface area contributed by atoms with E-state index in [9.17, 15) is 0 Å². The van der Waals surface area contributed by atoms with Crippen LogP contribution in [0.15, 0.2) is 54.2 Å². The van der Waals surface area contributed by atoms with E-state index in [1.165, 1.54) is 28.2 Å². The first-order valence-corrected chi connectivity index (χ1v) is 10.1. The van der Waals surface area contributed by atoms with E-state index in [0.717, 1.165) is 5.75 Å². The summed E-state index contributed by atoms with van der Waals surface area (Å²) in [7, 11) is 3.90. The third-order valence-corrected chi connectivity index (χ3v) is 6.97. The summed E-state index contributed by atoms with van der Waals surface area (Å²) in [5.41, 5.74) is 6.66. The molecule has 0 bridgehead atoms. The van der Waals surface area contributed by atoms with Crippen molar-refractivity contribution >= 4 is 17.6 Å². The number of nitrogens with zero attached hydrogens (tertiary/aromatic N) is 2. The zero-order valence-electron chi connectivity index (χ0n) is 18.1. The Bertz CT molecular complexity index is 997. The van der Waals surface area contributed by atoms with Gasteiger partial charge in [-0.3, -0.25) is 0 Å². The molecular weight excluding hydrogens is 344 g/mol.